The molecule has 0 unspecified atom stereocenters. The largest absolute Gasteiger partial charge is 0.353 e. The van der Waals surface area contributed by atoms with Crippen molar-refractivity contribution in [3.05, 3.63) is 0 Å². The zero-order valence-corrected chi connectivity index (χ0v) is 11.0. The van der Waals surface area contributed by atoms with E-state index in [2.05, 4.69) is 0 Å². The van der Waals surface area contributed by atoms with Crippen molar-refractivity contribution in [3.63, 3.8) is 0 Å². The molecule has 1 aliphatic heterocycles. The number of ether oxygens (including phenoxy) is 2. The number of hydrogen-bond donors (Lipinski definition) is 0. The predicted octanol–water partition coefficient (Wildman–Crippen LogP) is 1.43. The Kier molecular flexibility index (Phi) is 4.07. The van der Waals surface area contributed by atoms with Gasteiger partial charge in [0, 0.05) is 6.61 Å². The van der Waals surface area contributed by atoms with Gasteiger partial charge in [0.25, 0.3) is 10.1 Å². The smallest absolute Gasteiger partial charge is 0.264 e. The van der Waals surface area contributed by atoms with Crippen molar-refractivity contribution >= 4 is 10.1 Å². The fraction of sp³-hybridized carbons (Fsp3) is 1.00. The molecular weight excluding hydrogens is 244 g/mol. The van der Waals surface area contributed by atoms with Crippen LogP contribution in [0.3, 0.4) is 0 Å². The molecule has 0 aromatic rings. The second-order valence-corrected chi connectivity index (χ2v) is 6.56. The van der Waals surface area contributed by atoms with Crippen LogP contribution < -0.4 is 0 Å². The molecule has 2 aliphatic rings. The minimum absolute atomic E-state index is 0.117. The average molecular weight is 264 g/mol. The average Bonchev–Trinajstić information content (AvgIpc) is 2.22. The number of rotatable bonds is 5. The lowest BCUT2D eigenvalue weighted by Gasteiger charge is -2.43. The second kappa shape index (κ2) is 5.22. The molecule has 1 heterocycles. The van der Waals surface area contributed by atoms with Gasteiger partial charge in [-0.2, -0.15) is 8.42 Å². The summed E-state index contributed by atoms with van der Waals surface area (Å²) in [7, 11) is -3.40. The summed E-state index contributed by atoms with van der Waals surface area (Å²) in [6.07, 6.45) is 6.70. The first-order chi connectivity index (χ1) is 7.99. The van der Waals surface area contributed by atoms with Crippen LogP contribution >= 0.6 is 0 Å². The van der Waals surface area contributed by atoms with Crippen molar-refractivity contribution in [1.82, 2.24) is 0 Å². The Morgan fingerprint density at radius 2 is 2.06 bits per heavy atom. The fourth-order valence-corrected chi connectivity index (χ4v) is 2.59. The van der Waals surface area contributed by atoms with Crippen LogP contribution in [0.5, 0.6) is 0 Å². The van der Waals surface area contributed by atoms with Crippen molar-refractivity contribution in [2.45, 2.75) is 50.4 Å². The Hall–Kier alpha value is -0.170. The van der Waals surface area contributed by atoms with E-state index in [1.807, 2.05) is 0 Å². The molecule has 2 rings (SSSR count). The second-order valence-electron chi connectivity index (χ2n) is 4.92. The van der Waals surface area contributed by atoms with Gasteiger partial charge in [-0.25, -0.2) is 0 Å². The molecule has 0 radical (unpaired) electrons. The van der Waals surface area contributed by atoms with Crippen LogP contribution in [-0.2, 0) is 23.8 Å². The van der Waals surface area contributed by atoms with Crippen LogP contribution in [0.25, 0.3) is 0 Å². The van der Waals surface area contributed by atoms with Crippen LogP contribution in [-0.4, -0.2) is 39.8 Å². The molecule has 1 saturated carbocycles. The molecule has 5 nitrogen and oxygen atoms in total. The van der Waals surface area contributed by atoms with Gasteiger partial charge in [-0.1, -0.05) is 0 Å². The maximum absolute atomic E-state index is 11.0. The summed E-state index contributed by atoms with van der Waals surface area (Å²) in [5.74, 6) is 0. The van der Waals surface area contributed by atoms with E-state index < -0.39 is 15.7 Å². The molecular formula is C11H20O5S. The Labute approximate surface area is 103 Å². The van der Waals surface area contributed by atoms with Crippen molar-refractivity contribution < 1.29 is 22.1 Å². The monoisotopic (exact) mass is 264 g/mol. The lowest BCUT2D eigenvalue weighted by molar-refractivity contribution is -0.253. The van der Waals surface area contributed by atoms with Crippen molar-refractivity contribution in [3.8, 4) is 0 Å². The Balaban J connectivity index is 1.85. The van der Waals surface area contributed by atoms with Crippen molar-refractivity contribution in [2.24, 2.45) is 0 Å². The first-order valence-corrected chi connectivity index (χ1v) is 7.95. The molecule has 1 aliphatic carbocycles. The highest BCUT2D eigenvalue weighted by molar-refractivity contribution is 7.85. The molecule has 1 saturated heterocycles. The van der Waals surface area contributed by atoms with Gasteiger partial charge in [-0.15, -0.1) is 0 Å². The standard InChI is InChI=1S/C11H20O5S/c1-17(12,13)15-9-11(6-4-7-11)16-10-5-2-3-8-14-10/h10H,2-9H2,1H3/t10-/m1/s1. The van der Waals surface area contributed by atoms with Gasteiger partial charge >= 0.3 is 0 Å². The first kappa shape index (κ1) is 13.3. The summed E-state index contributed by atoms with van der Waals surface area (Å²) in [5.41, 5.74) is -0.439. The molecule has 17 heavy (non-hydrogen) atoms. The third kappa shape index (κ3) is 3.91. The molecule has 0 N–H and O–H groups in total. The molecule has 0 bridgehead atoms. The number of hydrogen-bond acceptors (Lipinski definition) is 5. The molecule has 0 aromatic heterocycles. The summed E-state index contributed by atoms with van der Waals surface area (Å²) in [4.78, 5) is 0. The maximum Gasteiger partial charge on any atom is 0.264 e. The van der Waals surface area contributed by atoms with Gasteiger partial charge in [-0.3, -0.25) is 4.18 Å². The molecule has 0 amide bonds. The normalized spacial score (nSPS) is 28.6. The van der Waals surface area contributed by atoms with Gasteiger partial charge in [0.15, 0.2) is 6.29 Å². The highest BCUT2D eigenvalue weighted by atomic mass is 32.2. The summed E-state index contributed by atoms with van der Waals surface area (Å²) in [6.45, 7) is 0.847. The van der Waals surface area contributed by atoms with Crippen LogP contribution in [0.2, 0.25) is 0 Å². The van der Waals surface area contributed by atoms with E-state index in [0.717, 1.165) is 51.4 Å². The van der Waals surface area contributed by atoms with E-state index in [1.165, 1.54) is 0 Å². The van der Waals surface area contributed by atoms with Crippen LogP contribution in [0.15, 0.2) is 0 Å². The third-order valence-electron chi connectivity index (χ3n) is 3.32. The molecule has 100 valence electrons. The van der Waals surface area contributed by atoms with E-state index in [0.29, 0.717) is 0 Å². The lowest BCUT2D eigenvalue weighted by atomic mass is 9.80. The summed E-state index contributed by atoms with van der Waals surface area (Å²) in [6, 6.07) is 0. The van der Waals surface area contributed by atoms with Crippen molar-refractivity contribution in [1.29, 1.82) is 0 Å². The van der Waals surface area contributed by atoms with Gasteiger partial charge in [0.05, 0.1) is 18.5 Å². The maximum atomic E-state index is 11.0. The van der Waals surface area contributed by atoms with Gasteiger partial charge in [0.1, 0.15) is 0 Å². The Morgan fingerprint density at radius 1 is 1.29 bits per heavy atom. The SMILES string of the molecule is CS(=O)(=O)OCC1(O[C@@H]2CCCCO2)CCC1. The van der Waals surface area contributed by atoms with E-state index in [9.17, 15) is 8.42 Å². The quantitative estimate of drug-likeness (QED) is 0.703. The third-order valence-corrected chi connectivity index (χ3v) is 3.87. The molecule has 1 atom stereocenters. The van der Waals surface area contributed by atoms with E-state index in [1.54, 1.807) is 0 Å². The highest BCUT2D eigenvalue weighted by Crippen LogP contribution is 2.38. The zero-order valence-electron chi connectivity index (χ0n) is 10.2. The molecule has 6 heteroatoms. The van der Waals surface area contributed by atoms with E-state index in [4.69, 9.17) is 13.7 Å². The van der Waals surface area contributed by atoms with Gasteiger partial charge in [0.2, 0.25) is 0 Å². The van der Waals surface area contributed by atoms with Crippen LogP contribution in [0.4, 0.5) is 0 Å². The topological polar surface area (TPSA) is 61.8 Å². The van der Waals surface area contributed by atoms with Gasteiger partial charge < -0.3 is 9.47 Å². The Morgan fingerprint density at radius 3 is 2.53 bits per heavy atom. The summed E-state index contributed by atoms with van der Waals surface area (Å²) in [5, 5.41) is 0. The molecule has 0 aromatic carbocycles. The van der Waals surface area contributed by atoms with E-state index >= 15 is 0 Å². The Bertz CT molecular complexity index is 341. The zero-order chi connectivity index (χ0) is 12.4. The summed E-state index contributed by atoms with van der Waals surface area (Å²) < 4.78 is 38.3. The van der Waals surface area contributed by atoms with Crippen LogP contribution in [0.1, 0.15) is 38.5 Å². The van der Waals surface area contributed by atoms with Gasteiger partial charge in [-0.05, 0) is 38.5 Å². The predicted molar refractivity (Wildman–Crippen MR) is 62.1 cm³/mol. The van der Waals surface area contributed by atoms with Crippen LogP contribution in [0, 0.1) is 0 Å². The minimum atomic E-state index is -3.40. The van der Waals surface area contributed by atoms with E-state index in [-0.39, 0.29) is 12.9 Å². The minimum Gasteiger partial charge on any atom is -0.353 e. The first-order valence-electron chi connectivity index (χ1n) is 6.13. The van der Waals surface area contributed by atoms with Crippen molar-refractivity contribution in [2.75, 3.05) is 19.5 Å². The summed E-state index contributed by atoms with van der Waals surface area (Å²) >= 11 is 0. The molecule has 0 spiro atoms. The highest BCUT2D eigenvalue weighted by Gasteiger charge is 2.42. The molecule has 2 fully saturated rings. The lowest BCUT2D eigenvalue weighted by Crippen LogP contribution is -2.48. The fourth-order valence-electron chi connectivity index (χ4n) is 2.16.